The monoisotopic (exact) mass is 169 g/mol. The third-order valence-electron chi connectivity index (χ3n) is 1.31. The van der Waals surface area contributed by atoms with Gasteiger partial charge in [-0.1, -0.05) is 0 Å². The summed E-state index contributed by atoms with van der Waals surface area (Å²) in [7, 11) is 0. The number of hydrogen-bond donors (Lipinski definition) is 2. The summed E-state index contributed by atoms with van der Waals surface area (Å²) in [5.41, 5.74) is 0.739. The minimum Gasteiger partial charge on any atom is -0.342 e. The molecule has 2 aromatic heterocycles. The van der Waals surface area contributed by atoms with Crippen LogP contribution in [0.25, 0.3) is 11.2 Å². The zero-order valence-corrected chi connectivity index (χ0v) is 6.20. The van der Waals surface area contributed by atoms with E-state index in [1.807, 2.05) is 0 Å². The van der Waals surface area contributed by atoms with Gasteiger partial charge in [0, 0.05) is 9.81 Å². The molecule has 0 unspecified atom stereocenters. The molecule has 0 aliphatic carbocycles. The van der Waals surface area contributed by atoms with Crippen LogP contribution in [-0.4, -0.2) is 19.9 Å². The van der Waals surface area contributed by atoms with Gasteiger partial charge in [-0.15, -0.1) is 0 Å². The number of nitrogens with zero attached hydrogens (tertiary/aromatic N) is 2. The average Bonchev–Trinajstić information content (AvgIpc) is 2.47. The summed E-state index contributed by atoms with van der Waals surface area (Å²) in [4.78, 5) is 13.0. The zero-order valence-electron chi connectivity index (χ0n) is 8.38. The van der Waals surface area contributed by atoms with Gasteiger partial charge in [0.15, 0.2) is 10.4 Å². The lowest BCUT2D eigenvalue weighted by molar-refractivity contribution is 1.11. The first-order chi connectivity index (χ1) is 6.48. The largest absolute Gasteiger partial charge is 0.342 e. The zero-order chi connectivity index (χ0) is 10.3. The molecule has 0 atom stereocenters. The molecule has 2 aromatic rings. The third-order valence-corrected chi connectivity index (χ3v) is 1.50. The maximum absolute atomic E-state index is 7.27. The van der Waals surface area contributed by atoms with Crippen LogP contribution in [-0.2, 0) is 0 Å². The normalized spacial score (nSPS) is 15.8. The van der Waals surface area contributed by atoms with E-state index in [9.17, 15) is 0 Å². The molecular weight excluding hydrogens is 160 g/mol. The topological polar surface area (TPSA) is 57.4 Å². The third kappa shape index (κ3) is 0.932. The SMILES string of the molecule is [2H]C([2H])([2H])c1[nH]c(=S)nc2nc[nH]c12. The number of rotatable bonds is 0. The second kappa shape index (κ2) is 2.13. The number of aromatic nitrogens is 4. The van der Waals surface area contributed by atoms with Gasteiger partial charge in [0.05, 0.1) is 6.33 Å². The van der Waals surface area contributed by atoms with Crippen LogP contribution in [0, 0.1) is 11.6 Å². The van der Waals surface area contributed by atoms with Crippen molar-refractivity contribution in [1.82, 2.24) is 19.9 Å². The smallest absolute Gasteiger partial charge is 0.199 e. The number of hydrogen-bond acceptors (Lipinski definition) is 3. The van der Waals surface area contributed by atoms with E-state index in [0.29, 0.717) is 11.2 Å². The van der Waals surface area contributed by atoms with E-state index < -0.39 is 6.85 Å². The summed E-state index contributed by atoms with van der Waals surface area (Å²) in [5, 5.41) is 0. The molecule has 0 bridgehead atoms. The number of nitrogens with one attached hydrogen (secondary N) is 2. The molecule has 0 spiro atoms. The van der Waals surface area contributed by atoms with Crippen molar-refractivity contribution in [3.8, 4) is 0 Å². The second-order valence-corrected chi connectivity index (χ2v) is 2.40. The highest BCUT2D eigenvalue weighted by molar-refractivity contribution is 7.71. The molecule has 2 N–H and O–H groups in total. The Morgan fingerprint density at radius 3 is 3.45 bits per heavy atom. The maximum atomic E-state index is 7.27. The lowest BCUT2D eigenvalue weighted by atomic mass is 10.4. The highest BCUT2D eigenvalue weighted by Crippen LogP contribution is 2.07. The van der Waals surface area contributed by atoms with Crippen molar-refractivity contribution in [2.45, 2.75) is 6.85 Å². The lowest BCUT2D eigenvalue weighted by Gasteiger charge is -1.92. The van der Waals surface area contributed by atoms with E-state index >= 15 is 0 Å². The van der Waals surface area contributed by atoms with Gasteiger partial charge in [-0.2, -0.15) is 4.98 Å². The molecule has 2 rings (SSSR count). The standard InChI is InChI=1S/C6H6N4S/c1-3-4-5(8-2-7-4)10-6(11)9-3/h2H,1H3,(H2,7,8,9,10,11)/i1D3. The summed E-state index contributed by atoms with van der Waals surface area (Å²) >= 11 is 4.79. The van der Waals surface area contributed by atoms with E-state index in [1.165, 1.54) is 6.33 Å². The predicted molar refractivity (Wildman–Crippen MR) is 43.8 cm³/mol. The Labute approximate surface area is 71.9 Å². The van der Waals surface area contributed by atoms with E-state index in [2.05, 4.69) is 19.9 Å². The fourth-order valence-electron chi connectivity index (χ4n) is 0.849. The first-order valence-electron chi connectivity index (χ1n) is 4.42. The number of aromatic amines is 2. The number of H-pyrrole nitrogens is 2. The van der Waals surface area contributed by atoms with Crippen LogP contribution in [0.5, 0.6) is 0 Å². The van der Waals surface area contributed by atoms with Crippen LogP contribution < -0.4 is 0 Å². The Bertz CT molecular complexity index is 526. The van der Waals surface area contributed by atoms with Crippen LogP contribution in [0.1, 0.15) is 9.81 Å². The number of imidazole rings is 1. The molecule has 56 valence electrons. The molecule has 0 saturated heterocycles. The molecule has 0 amide bonds. The van der Waals surface area contributed by atoms with Crippen LogP contribution in [0.3, 0.4) is 0 Å². The fraction of sp³-hybridized carbons (Fsp3) is 0.167. The van der Waals surface area contributed by atoms with Crippen molar-refractivity contribution < 1.29 is 4.11 Å². The minimum atomic E-state index is -2.25. The highest BCUT2D eigenvalue weighted by Gasteiger charge is 1.99. The number of fused-ring (bicyclic) bond motifs is 1. The van der Waals surface area contributed by atoms with E-state index in [4.69, 9.17) is 16.3 Å². The molecule has 4 nitrogen and oxygen atoms in total. The van der Waals surface area contributed by atoms with Crippen LogP contribution in [0.4, 0.5) is 0 Å². The first kappa shape index (κ1) is 3.96. The Morgan fingerprint density at radius 1 is 1.73 bits per heavy atom. The summed E-state index contributed by atoms with van der Waals surface area (Å²) in [6, 6.07) is 0. The molecular formula is C6H6N4S. The van der Waals surface area contributed by atoms with Crippen LogP contribution in [0.15, 0.2) is 6.33 Å². The van der Waals surface area contributed by atoms with Gasteiger partial charge in [-0.05, 0) is 19.1 Å². The van der Waals surface area contributed by atoms with Crippen molar-refractivity contribution >= 4 is 23.4 Å². The molecule has 11 heavy (non-hydrogen) atoms. The summed E-state index contributed by atoms with van der Waals surface area (Å²) < 4.78 is 21.9. The van der Waals surface area contributed by atoms with Crippen molar-refractivity contribution in [3.63, 3.8) is 0 Å². The van der Waals surface area contributed by atoms with Crippen molar-refractivity contribution in [2.24, 2.45) is 0 Å². The predicted octanol–water partition coefficient (Wildman–Crippen LogP) is 1.32. The Balaban J connectivity index is 2.87. The molecule has 0 aromatic carbocycles. The Hall–Kier alpha value is -1.23. The van der Waals surface area contributed by atoms with Gasteiger partial charge in [-0.25, -0.2) is 4.98 Å². The van der Waals surface area contributed by atoms with Crippen LogP contribution in [0.2, 0.25) is 0 Å². The molecule has 0 aliphatic rings. The summed E-state index contributed by atoms with van der Waals surface area (Å²) in [6.45, 7) is -2.25. The van der Waals surface area contributed by atoms with E-state index in [1.54, 1.807) is 0 Å². The minimum absolute atomic E-state index is 0.0463. The quantitative estimate of drug-likeness (QED) is 0.585. The summed E-state index contributed by atoms with van der Waals surface area (Å²) in [5.74, 6) is 0. The molecule has 0 saturated carbocycles. The van der Waals surface area contributed by atoms with E-state index in [-0.39, 0.29) is 10.5 Å². The Kier molecular flexibility index (Phi) is 0.767. The fourth-order valence-corrected chi connectivity index (χ4v) is 1.04. The van der Waals surface area contributed by atoms with Crippen molar-refractivity contribution in [2.75, 3.05) is 0 Å². The lowest BCUT2D eigenvalue weighted by Crippen LogP contribution is -1.87. The van der Waals surface area contributed by atoms with Gasteiger partial charge in [-0.3, -0.25) is 0 Å². The molecule has 5 heteroatoms. The average molecular weight is 169 g/mol. The van der Waals surface area contributed by atoms with Gasteiger partial charge >= 0.3 is 0 Å². The van der Waals surface area contributed by atoms with Gasteiger partial charge in [0.2, 0.25) is 0 Å². The second-order valence-electron chi connectivity index (χ2n) is 2.02. The van der Waals surface area contributed by atoms with Crippen molar-refractivity contribution in [1.29, 1.82) is 0 Å². The molecule has 0 radical (unpaired) electrons. The Morgan fingerprint density at radius 2 is 2.64 bits per heavy atom. The molecule has 0 aliphatic heterocycles. The van der Waals surface area contributed by atoms with Gasteiger partial charge in [0.1, 0.15) is 5.52 Å². The molecule has 2 heterocycles. The maximum Gasteiger partial charge on any atom is 0.199 e. The van der Waals surface area contributed by atoms with Crippen molar-refractivity contribution in [3.05, 3.63) is 16.8 Å². The van der Waals surface area contributed by atoms with E-state index in [0.717, 1.165) is 0 Å². The highest BCUT2D eigenvalue weighted by atomic mass is 32.1. The number of aryl methyl sites for hydroxylation is 1. The van der Waals surface area contributed by atoms with Gasteiger partial charge in [0.25, 0.3) is 0 Å². The first-order valence-corrected chi connectivity index (χ1v) is 3.33. The summed E-state index contributed by atoms with van der Waals surface area (Å²) in [6.07, 6.45) is 1.38. The van der Waals surface area contributed by atoms with Crippen LogP contribution >= 0.6 is 12.2 Å². The molecule has 0 fully saturated rings. The van der Waals surface area contributed by atoms with Gasteiger partial charge < -0.3 is 9.97 Å².